The zero-order valence-corrected chi connectivity index (χ0v) is 12.6. The van der Waals surface area contributed by atoms with Gasteiger partial charge < -0.3 is 5.32 Å². The van der Waals surface area contributed by atoms with Crippen LogP contribution in [0.1, 0.15) is 23.1 Å². The van der Waals surface area contributed by atoms with Gasteiger partial charge in [-0.25, -0.2) is 9.37 Å². The van der Waals surface area contributed by atoms with Crippen molar-refractivity contribution < 1.29 is 9.18 Å². The molecule has 0 aliphatic heterocycles. The minimum absolute atomic E-state index is 0.137. The largest absolute Gasteiger partial charge is 0.318 e. The van der Waals surface area contributed by atoms with Crippen LogP contribution in [0.15, 0.2) is 42.6 Å². The van der Waals surface area contributed by atoms with Gasteiger partial charge in [-0.2, -0.15) is 0 Å². The van der Waals surface area contributed by atoms with Crippen molar-refractivity contribution in [2.45, 2.75) is 13.3 Å². The van der Waals surface area contributed by atoms with Crippen molar-refractivity contribution >= 4 is 28.8 Å². The van der Waals surface area contributed by atoms with Gasteiger partial charge >= 0.3 is 0 Å². The Hall–Kier alpha value is -2.40. The number of carbonyl (C=O) groups excluding carboxylic acids is 1. The highest BCUT2D eigenvalue weighted by molar-refractivity contribution is 6.30. The average molecular weight is 318 g/mol. The highest BCUT2D eigenvalue weighted by Gasteiger charge is 2.19. The molecule has 0 fully saturated rings. The monoisotopic (exact) mass is 317 g/mol. The van der Waals surface area contributed by atoms with Gasteiger partial charge in [0.2, 0.25) is 0 Å². The van der Waals surface area contributed by atoms with E-state index in [1.54, 1.807) is 34.9 Å². The fraction of sp³-hybridized carbons (Fsp3) is 0.125. The van der Waals surface area contributed by atoms with E-state index in [2.05, 4.69) is 10.3 Å². The molecular weight excluding hydrogens is 305 g/mol. The molecule has 0 spiro atoms. The van der Waals surface area contributed by atoms with Crippen molar-refractivity contribution in [3.05, 3.63) is 64.8 Å². The Labute approximate surface area is 131 Å². The van der Waals surface area contributed by atoms with Gasteiger partial charge in [0.05, 0.1) is 11.4 Å². The van der Waals surface area contributed by atoms with Crippen molar-refractivity contribution in [3.63, 3.8) is 0 Å². The lowest BCUT2D eigenvalue weighted by atomic mass is 10.2. The fourth-order valence-electron chi connectivity index (χ4n) is 2.30. The van der Waals surface area contributed by atoms with Crippen LogP contribution in [0.2, 0.25) is 5.02 Å². The molecule has 0 bridgehead atoms. The van der Waals surface area contributed by atoms with Crippen LogP contribution in [0.4, 0.5) is 10.1 Å². The summed E-state index contributed by atoms with van der Waals surface area (Å²) >= 11 is 5.95. The van der Waals surface area contributed by atoms with Crippen LogP contribution < -0.4 is 5.32 Å². The quantitative estimate of drug-likeness (QED) is 0.795. The summed E-state index contributed by atoms with van der Waals surface area (Å²) in [6.07, 6.45) is 2.26. The number of hydrogen-bond donors (Lipinski definition) is 1. The normalized spacial score (nSPS) is 10.9. The number of carbonyl (C=O) groups is 1. The average Bonchev–Trinajstić information content (AvgIpc) is 2.87. The van der Waals surface area contributed by atoms with Crippen LogP contribution >= 0.6 is 11.6 Å². The fourth-order valence-corrected chi connectivity index (χ4v) is 2.45. The summed E-state index contributed by atoms with van der Waals surface area (Å²) in [5.41, 5.74) is 1.75. The van der Waals surface area contributed by atoms with Crippen LogP contribution in [0, 0.1) is 5.82 Å². The lowest BCUT2D eigenvalue weighted by molar-refractivity contribution is 0.102. The van der Waals surface area contributed by atoms with E-state index in [0.29, 0.717) is 28.5 Å². The summed E-state index contributed by atoms with van der Waals surface area (Å²) in [6.45, 7) is 1.91. The molecule has 3 rings (SSSR count). The van der Waals surface area contributed by atoms with E-state index in [1.807, 2.05) is 6.92 Å². The van der Waals surface area contributed by atoms with Gasteiger partial charge in [0.25, 0.3) is 5.91 Å². The maximum absolute atomic E-state index is 13.7. The summed E-state index contributed by atoms with van der Waals surface area (Å²) in [7, 11) is 0. The molecule has 0 saturated heterocycles. The van der Waals surface area contributed by atoms with Crippen molar-refractivity contribution in [1.82, 2.24) is 9.38 Å². The van der Waals surface area contributed by atoms with E-state index in [0.717, 1.165) is 0 Å². The highest BCUT2D eigenvalue weighted by atomic mass is 35.5. The van der Waals surface area contributed by atoms with Gasteiger partial charge in [-0.05, 0) is 24.6 Å². The number of anilines is 1. The molecule has 0 atom stereocenters. The number of aromatic nitrogens is 2. The minimum Gasteiger partial charge on any atom is -0.318 e. The summed E-state index contributed by atoms with van der Waals surface area (Å²) in [5.74, 6) is -0.887. The van der Waals surface area contributed by atoms with Crippen LogP contribution in [0.3, 0.4) is 0 Å². The van der Waals surface area contributed by atoms with Crippen LogP contribution in [0.25, 0.3) is 5.65 Å². The number of hydrogen-bond acceptors (Lipinski definition) is 2. The number of aryl methyl sites for hydroxylation is 1. The number of fused-ring (bicyclic) bond motifs is 1. The zero-order chi connectivity index (χ0) is 15.7. The molecule has 2 heterocycles. The van der Waals surface area contributed by atoms with Gasteiger partial charge in [-0.3, -0.25) is 9.20 Å². The molecule has 6 heteroatoms. The molecule has 0 unspecified atom stereocenters. The van der Waals surface area contributed by atoms with E-state index < -0.39 is 11.7 Å². The van der Waals surface area contributed by atoms with E-state index in [4.69, 9.17) is 11.6 Å². The highest BCUT2D eigenvalue weighted by Crippen LogP contribution is 2.20. The van der Waals surface area contributed by atoms with Gasteiger partial charge in [0.15, 0.2) is 0 Å². The minimum atomic E-state index is -0.481. The molecule has 0 saturated carbocycles. The first-order valence-electron chi connectivity index (χ1n) is 6.82. The lowest BCUT2D eigenvalue weighted by Gasteiger charge is -2.07. The number of pyridine rings is 1. The molecule has 0 aliphatic rings. The summed E-state index contributed by atoms with van der Waals surface area (Å²) in [4.78, 5) is 16.9. The number of rotatable bonds is 3. The molecule has 3 aromatic rings. The third-order valence-electron chi connectivity index (χ3n) is 3.33. The van der Waals surface area contributed by atoms with Crippen LogP contribution in [-0.2, 0) is 6.42 Å². The summed E-state index contributed by atoms with van der Waals surface area (Å²) < 4.78 is 15.3. The second-order valence-electron chi connectivity index (χ2n) is 4.77. The lowest BCUT2D eigenvalue weighted by Crippen LogP contribution is -2.17. The molecule has 22 heavy (non-hydrogen) atoms. The molecule has 2 aromatic heterocycles. The number of amides is 1. The topological polar surface area (TPSA) is 46.4 Å². The molecule has 1 N–H and O–H groups in total. The standard InChI is InChI=1S/C16H13ClFN3O/c1-2-12-15(21-8-7-10(17)9-14(21)19-12)16(22)20-13-6-4-3-5-11(13)18/h3-9H,2H2,1H3,(H,20,22). The number of halogens is 2. The Morgan fingerprint density at radius 3 is 2.86 bits per heavy atom. The van der Waals surface area contributed by atoms with Gasteiger partial charge in [0, 0.05) is 17.3 Å². The molecule has 0 radical (unpaired) electrons. The van der Waals surface area contributed by atoms with E-state index in [9.17, 15) is 9.18 Å². The Morgan fingerprint density at radius 1 is 1.36 bits per heavy atom. The predicted octanol–water partition coefficient (Wildman–Crippen LogP) is 3.94. The maximum atomic E-state index is 13.7. The molecule has 112 valence electrons. The first-order chi connectivity index (χ1) is 10.6. The molecule has 1 aromatic carbocycles. The first-order valence-corrected chi connectivity index (χ1v) is 7.20. The van der Waals surface area contributed by atoms with E-state index in [-0.39, 0.29) is 5.69 Å². The van der Waals surface area contributed by atoms with Crippen LogP contribution in [0.5, 0.6) is 0 Å². The number of nitrogens with zero attached hydrogens (tertiary/aromatic N) is 2. The Morgan fingerprint density at radius 2 is 2.14 bits per heavy atom. The van der Waals surface area contributed by atoms with Gasteiger partial charge in [0.1, 0.15) is 17.2 Å². The smallest absolute Gasteiger partial charge is 0.274 e. The second kappa shape index (κ2) is 5.77. The number of para-hydroxylation sites is 1. The van der Waals surface area contributed by atoms with E-state index in [1.165, 1.54) is 12.1 Å². The molecule has 4 nitrogen and oxygen atoms in total. The van der Waals surface area contributed by atoms with E-state index >= 15 is 0 Å². The molecule has 1 amide bonds. The maximum Gasteiger partial charge on any atom is 0.274 e. The first kappa shape index (κ1) is 14.5. The van der Waals surface area contributed by atoms with Gasteiger partial charge in [-0.1, -0.05) is 30.7 Å². The van der Waals surface area contributed by atoms with Crippen molar-refractivity contribution in [2.75, 3.05) is 5.32 Å². The zero-order valence-electron chi connectivity index (χ0n) is 11.8. The third-order valence-corrected chi connectivity index (χ3v) is 3.57. The van der Waals surface area contributed by atoms with Gasteiger partial charge in [-0.15, -0.1) is 0 Å². The van der Waals surface area contributed by atoms with Crippen molar-refractivity contribution in [1.29, 1.82) is 0 Å². The summed E-state index contributed by atoms with van der Waals surface area (Å²) in [6, 6.07) is 9.39. The van der Waals surface area contributed by atoms with Crippen molar-refractivity contribution in [3.8, 4) is 0 Å². The molecular formula is C16H13ClFN3O. The summed E-state index contributed by atoms with van der Waals surface area (Å²) in [5, 5.41) is 3.13. The number of imidazole rings is 1. The number of benzene rings is 1. The Bertz CT molecular complexity index is 860. The van der Waals surface area contributed by atoms with Crippen LogP contribution in [-0.4, -0.2) is 15.3 Å². The molecule has 0 aliphatic carbocycles. The number of nitrogens with one attached hydrogen (secondary N) is 1. The Kier molecular flexibility index (Phi) is 3.81. The third kappa shape index (κ3) is 2.55. The van der Waals surface area contributed by atoms with Crippen molar-refractivity contribution in [2.24, 2.45) is 0 Å². The Balaban J connectivity index is 2.05. The predicted molar refractivity (Wildman–Crippen MR) is 83.9 cm³/mol. The SMILES string of the molecule is CCc1nc2cc(Cl)ccn2c1C(=O)Nc1ccccc1F. The second-order valence-corrected chi connectivity index (χ2v) is 5.20.